The zero-order valence-electron chi connectivity index (χ0n) is 12.9. The molecule has 3 heteroatoms. The average Bonchev–Trinajstić information content (AvgIpc) is 2.98. The maximum absolute atomic E-state index is 4.54. The second-order valence-corrected chi connectivity index (χ2v) is 6.12. The van der Waals surface area contributed by atoms with Crippen LogP contribution < -0.4 is 5.32 Å². The van der Waals surface area contributed by atoms with E-state index in [0.717, 1.165) is 18.5 Å². The first kappa shape index (κ1) is 14.2. The van der Waals surface area contributed by atoms with Crippen LogP contribution >= 0.6 is 0 Å². The Hall–Kier alpha value is -1.77. The van der Waals surface area contributed by atoms with E-state index in [1.807, 2.05) is 12.4 Å². The van der Waals surface area contributed by atoms with E-state index >= 15 is 0 Å². The molecular formula is C18H25N3. The molecule has 1 aliphatic carbocycles. The summed E-state index contributed by atoms with van der Waals surface area (Å²) < 4.78 is 0. The fourth-order valence-corrected chi connectivity index (χ4v) is 3.32. The summed E-state index contributed by atoms with van der Waals surface area (Å²) >= 11 is 0. The third-order valence-electron chi connectivity index (χ3n) is 4.47. The molecule has 2 aromatic heterocycles. The molecule has 1 fully saturated rings. The highest BCUT2D eigenvalue weighted by molar-refractivity contribution is 5.95. The molecule has 0 unspecified atom stereocenters. The first-order valence-electron chi connectivity index (χ1n) is 8.20. The highest BCUT2D eigenvalue weighted by Gasteiger charge is 2.18. The molecule has 2 aromatic rings. The molecule has 1 aliphatic rings. The lowest BCUT2D eigenvalue weighted by Crippen LogP contribution is -2.23. The van der Waals surface area contributed by atoms with Gasteiger partial charge in [-0.15, -0.1) is 0 Å². The van der Waals surface area contributed by atoms with Gasteiger partial charge in [-0.2, -0.15) is 0 Å². The van der Waals surface area contributed by atoms with E-state index in [0.29, 0.717) is 6.04 Å². The van der Waals surface area contributed by atoms with E-state index in [-0.39, 0.29) is 0 Å². The van der Waals surface area contributed by atoms with Crippen molar-refractivity contribution >= 4 is 22.3 Å². The molecule has 0 aliphatic heterocycles. The number of aromatic nitrogens is 2. The predicted octanol–water partition coefficient (Wildman–Crippen LogP) is 5.12. The Kier molecular flexibility index (Phi) is 4.28. The molecule has 0 amide bonds. The summed E-state index contributed by atoms with van der Waals surface area (Å²) in [7, 11) is 0. The van der Waals surface area contributed by atoms with Crippen molar-refractivity contribution in [3.05, 3.63) is 30.6 Å². The fourth-order valence-electron chi connectivity index (χ4n) is 3.32. The molecule has 2 N–H and O–H groups in total. The number of anilines is 1. The van der Waals surface area contributed by atoms with Gasteiger partial charge >= 0.3 is 0 Å². The fraction of sp³-hybridized carbons (Fsp3) is 0.500. The van der Waals surface area contributed by atoms with Crippen LogP contribution in [0.2, 0.25) is 0 Å². The Balaban J connectivity index is 1.97. The van der Waals surface area contributed by atoms with Crippen molar-refractivity contribution in [1.82, 2.24) is 9.97 Å². The normalized spacial score (nSPS) is 16.2. The lowest BCUT2D eigenvalue weighted by Gasteiger charge is -2.26. The van der Waals surface area contributed by atoms with Gasteiger partial charge in [-0.1, -0.05) is 39.2 Å². The van der Waals surface area contributed by atoms with Crippen LogP contribution in [0.1, 0.15) is 57.4 Å². The summed E-state index contributed by atoms with van der Waals surface area (Å²) in [5.74, 6) is 0. The molecule has 2 heterocycles. The zero-order chi connectivity index (χ0) is 14.7. The number of pyridine rings is 1. The maximum atomic E-state index is 4.54. The molecule has 3 rings (SSSR count). The third kappa shape index (κ3) is 2.97. The van der Waals surface area contributed by atoms with Gasteiger partial charge in [0.25, 0.3) is 0 Å². The van der Waals surface area contributed by atoms with Crippen molar-refractivity contribution in [2.45, 2.75) is 57.9 Å². The summed E-state index contributed by atoms with van der Waals surface area (Å²) in [4.78, 5) is 7.76. The van der Waals surface area contributed by atoms with Gasteiger partial charge < -0.3 is 10.3 Å². The number of hydrogen-bond donors (Lipinski definition) is 2. The predicted molar refractivity (Wildman–Crippen MR) is 90.5 cm³/mol. The van der Waals surface area contributed by atoms with Crippen molar-refractivity contribution in [3.63, 3.8) is 0 Å². The van der Waals surface area contributed by atoms with E-state index in [2.05, 4.69) is 34.9 Å². The van der Waals surface area contributed by atoms with E-state index in [4.69, 9.17) is 0 Å². The molecule has 0 spiro atoms. The number of nitrogens with zero attached hydrogens (tertiary/aromatic N) is 1. The summed E-state index contributed by atoms with van der Waals surface area (Å²) in [6.07, 6.45) is 12.7. The standard InChI is InChI=1S/C18H25N3/c1-3-7-13(2)16-12-20-18-15(10-11-19-18)17(16)21-14-8-5-4-6-9-14/h10-12,14H,2-9H2,1H3,(H2,19,20,21). The second kappa shape index (κ2) is 6.33. The van der Waals surface area contributed by atoms with Gasteiger partial charge in [0.1, 0.15) is 5.65 Å². The minimum absolute atomic E-state index is 0.590. The highest BCUT2D eigenvalue weighted by Crippen LogP contribution is 2.33. The van der Waals surface area contributed by atoms with Gasteiger partial charge in [-0.25, -0.2) is 4.98 Å². The average molecular weight is 283 g/mol. The lowest BCUT2D eigenvalue weighted by molar-refractivity contribution is 0.463. The number of rotatable bonds is 5. The van der Waals surface area contributed by atoms with Crippen molar-refractivity contribution < 1.29 is 0 Å². The van der Waals surface area contributed by atoms with Gasteiger partial charge in [0.15, 0.2) is 0 Å². The largest absolute Gasteiger partial charge is 0.381 e. The molecule has 0 bridgehead atoms. The van der Waals surface area contributed by atoms with Crippen LogP contribution in [0.4, 0.5) is 5.69 Å². The molecule has 112 valence electrons. The minimum atomic E-state index is 0.590. The van der Waals surface area contributed by atoms with Crippen LogP contribution in [0.5, 0.6) is 0 Å². The van der Waals surface area contributed by atoms with Gasteiger partial charge in [-0.05, 0) is 30.9 Å². The Bertz CT molecular complexity index is 620. The van der Waals surface area contributed by atoms with Crippen LogP contribution in [-0.4, -0.2) is 16.0 Å². The number of aromatic amines is 1. The van der Waals surface area contributed by atoms with Crippen LogP contribution in [0.25, 0.3) is 16.6 Å². The number of H-pyrrole nitrogens is 1. The summed E-state index contributed by atoms with van der Waals surface area (Å²) in [5.41, 5.74) is 4.56. The minimum Gasteiger partial charge on any atom is -0.381 e. The van der Waals surface area contributed by atoms with Crippen molar-refractivity contribution in [2.75, 3.05) is 5.32 Å². The number of hydrogen-bond acceptors (Lipinski definition) is 2. The second-order valence-electron chi connectivity index (χ2n) is 6.12. The monoisotopic (exact) mass is 283 g/mol. The lowest BCUT2D eigenvalue weighted by atomic mass is 9.94. The molecule has 0 radical (unpaired) electrons. The topological polar surface area (TPSA) is 40.7 Å². The quantitative estimate of drug-likeness (QED) is 0.799. The summed E-state index contributed by atoms with van der Waals surface area (Å²) in [6, 6.07) is 2.71. The van der Waals surface area contributed by atoms with Crippen molar-refractivity contribution in [3.8, 4) is 0 Å². The Morgan fingerprint density at radius 1 is 1.38 bits per heavy atom. The number of nitrogens with one attached hydrogen (secondary N) is 2. The van der Waals surface area contributed by atoms with Crippen molar-refractivity contribution in [1.29, 1.82) is 0 Å². The van der Waals surface area contributed by atoms with Crippen LogP contribution in [-0.2, 0) is 0 Å². The van der Waals surface area contributed by atoms with E-state index in [1.54, 1.807) is 0 Å². The Morgan fingerprint density at radius 3 is 2.95 bits per heavy atom. The third-order valence-corrected chi connectivity index (χ3v) is 4.47. The van der Waals surface area contributed by atoms with Gasteiger partial charge in [0, 0.05) is 29.4 Å². The first-order chi connectivity index (χ1) is 10.3. The Labute approximate surface area is 126 Å². The Morgan fingerprint density at radius 2 is 2.19 bits per heavy atom. The smallest absolute Gasteiger partial charge is 0.139 e. The molecule has 1 saturated carbocycles. The molecule has 0 atom stereocenters. The van der Waals surface area contributed by atoms with Crippen LogP contribution in [0.3, 0.4) is 0 Å². The summed E-state index contributed by atoms with van der Waals surface area (Å²) in [5, 5.41) is 4.99. The number of allylic oxidation sites excluding steroid dienone is 1. The van der Waals surface area contributed by atoms with Gasteiger partial charge in [0.2, 0.25) is 0 Å². The number of fused-ring (bicyclic) bond motifs is 1. The molecule has 21 heavy (non-hydrogen) atoms. The van der Waals surface area contributed by atoms with Gasteiger partial charge in [-0.3, -0.25) is 0 Å². The van der Waals surface area contributed by atoms with E-state index < -0.39 is 0 Å². The van der Waals surface area contributed by atoms with E-state index in [1.165, 1.54) is 54.3 Å². The van der Waals surface area contributed by atoms with Crippen LogP contribution in [0.15, 0.2) is 25.0 Å². The first-order valence-corrected chi connectivity index (χ1v) is 8.20. The van der Waals surface area contributed by atoms with Gasteiger partial charge in [0.05, 0.1) is 5.69 Å². The molecule has 0 saturated heterocycles. The highest BCUT2D eigenvalue weighted by atomic mass is 14.9. The van der Waals surface area contributed by atoms with Crippen molar-refractivity contribution in [2.24, 2.45) is 0 Å². The zero-order valence-corrected chi connectivity index (χ0v) is 12.9. The van der Waals surface area contributed by atoms with E-state index in [9.17, 15) is 0 Å². The summed E-state index contributed by atoms with van der Waals surface area (Å²) in [6.45, 7) is 6.47. The molecule has 0 aromatic carbocycles. The SMILES string of the molecule is C=C(CCC)c1cnc2[nH]ccc2c1NC1CCCCC1. The molecule has 3 nitrogen and oxygen atoms in total. The van der Waals surface area contributed by atoms with Crippen LogP contribution in [0, 0.1) is 0 Å². The molecular weight excluding hydrogens is 258 g/mol. The maximum Gasteiger partial charge on any atom is 0.139 e.